The van der Waals surface area contributed by atoms with Crippen molar-refractivity contribution in [2.24, 2.45) is 0 Å². The minimum Gasteiger partial charge on any atom is -0.385 e. The third-order valence-electron chi connectivity index (χ3n) is 2.18. The first kappa shape index (κ1) is 13.4. The van der Waals surface area contributed by atoms with E-state index >= 15 is 0 Å². The fourth-order valence-corrected chi connectivity index (χ4v) is 1.38. The van der Waals surface area contributed by atoms with Gasteiger partial charge in [-0.1, -0.05) is 0 Å². The predicted molar refractivity (Wildman–Crippen MR) is 53.3 cm³/mol. The van der Waals surface area contributed by atoms with Crippen LogP contribution in [0.2, 0.25) is 0 Å². The number of alkyl halides is 3. The molecule has 4 nitrogen and oxygen atoms in total. The normalized spacial score (nSPS) is 12.6. The average Bonchev–Trinajstić information content (AvgIpc) is 2.14. The minimum absolute atomic E-state index is 0.157. The van der Waals surface area contributed by atoms with Gasteiger partial charge in [0, 0.05) is 6.07 Å². The van der Waals surface area contributed by atoms with Crippen molar-refractivity contribution >= 4 is 5.69 Å². The summed E-state index contributed by atoms with van der Waals surface area (Å²) in [6.07, 6.45) is -4.65. The van der Waals surface area contributed by atoms with E-state index in [0.29, 0.717) is 12.1 Å². The lowest BCUT2D eigenvalue weighted by Crippen LogP contribution is -2.18. The largest absolute Gasteiger partial charge is 0.416 e. The van der Waals surface area contributed by atoms with E-state index < -0.39 is 28.0 Å². The molecular formula is C10H10F3NO3. The average molecular weight is 249 g/mol. The summed E-state index contributed by atoms with van der Waals surface area (Å²) in [5.74, 6) is 0. The number of nitrogens with zero attached hydrogens (tertiary/aromatic N) is 1. The molecule has 0 saturated heterocycles. The quantitative estimate of drug-likeness (QED) is 0.647. The van der Waals surface area contributed by atoms with Crippen LogP contribution in [0.15, 0.2) is 18.2 Å². The van der Waals surface area contributed by atoms with Crippen molar-refractivity contribution in [3.05, 3.63) is 39.4 Å². The van der Waals surface area contributed by atoms with Crippen LogP contribution in [0.1, 0.15) is 25.0 Å². The molecule has 17 heavy (non-hydrogen) atoms. The van der Waals surface area contributed by atoms with Gasteiger partial charge < -0.3 is 5.11 Å². The summed E-state index contributed by atoms with van der Waals surface area (Å²) in [4.78, 5) is 9.73. The van der Waals surface area contributed by atoms with Gasteiger partial charge in [0.1, 0.15) is 0 Å². The Morgan fingerprint density at radius 3 is 2.18 bits per heavy atom. The van der Waals surface area contributed by atoms with E-state index in [4.69, 9.17) is 0 Å². The van der Waals surface area contributed by atoms with Crippen molar-refractivity contribution in [1.29, 1.82) is 0 Å². The predicted octanol–water partition coefficient (Wildman–Crippen LogP) is 2.84. The maximum Gasteiger partial charge on any atom is 0.416 e. The van der Waals surface area contributed by atoms with E-state index in [0.717, 1.165) is 6.07 Å². The number of halogens is 3. The van der Waals surface area contributed by atoms with E-state index in [1.807, 2.05) is 0 Å². The molecule has 1 rings (SSSR count). The van der Waals surface area contributed by atoms with Crippen LogP contribution in [0.3, 0.4) is 0 Å². The van der Waals surface area contributed by atoms with E-state index in [1.54, 1.807) is 0 Å². The van der Waals surface area contributed by atoms with Gasteiger partial charge in [0.25, 0.3) is 5.69 Å². The molecule has 0 heterocycles. The maximum absolute atomic E-state index is 12.4. The fraction of sp³-hybridized carbons (Fsp3) is 0.400. The monoisotopic (exact) mass is 249 g/mol. The Hall–Kier alpha value is -1.63. The molecule has 0 bridgehead atoms. The Labute approximate surface area is 94.8 Å². The summed E-state index contributed by atoms with van der Waals surface area (Å²) in [5.41, 5.74) is -3.59. The Morgan fingerprint density at radius 1 is 1.29 bits per heavy atom. The van der Waals surface area contributed by atoms with Crippen molar-refractivity contribution in [2.45, 2.75) is 25.6 Å². The summed E-state index contributed by atoms with van der Waals surface area (Å²) in [5, 5.41) is 20.3. The number of rotatable bonds is 2. The fourth-order valence-electron chi connectivity index (χ4n) is 1.38. The second kappa shape index (κ2) is 3.99. The topological polar surface area (TPSA) is 63.4 Å². The van der Waals surface area contributed by atoms with Crippen LogP contribution < -0.4 is 0 Å². The van der Waals surface area contributed by atoms with Gasteiger partial charge in [0.2, 0.25) is 0 Å². The van der Waals surface area contributed by atoms with Crippen molar-refractivity contribution in [3.63, 3.8) is 0 Å². The van der Waals surface area contributed by atoms with Gasteiger partial charge in [-0.15, -0.1) is 0 Å². The molecule has 0 aliphatic heterocycles. The molecule has 0 aliphatic carbocycles. The summed E-state index contributed by atoms with van der Waals surface area (Å²) in [6, 6.07) is 2.05. The highest BCUT2D eigenvalue weighted by molar-refractivity contribution is 5.46. The first-order valence-corrected chi connectivity index (χ1v) is 4.62. The van der Waals surface area contributed by atoms with Crippen LogP contribution >= 0.6 is 0 Å². The van der Waals surface area contributed by atoms with Crippen molar-refractivity contribution in [2.75, 3.05) is 0 Å². The number of nitro benzene ring substituents is 1. The van der Waals surface area contributed by atoms with Crippen LogP contribution in [0.5, 0.6) is 0 Å². The zero-order valence-electron chi connectivity index (χ0n) is 9.08. The van der Waals surface area contributed by atoms with Crippen LogP contribution in [0.4, 0.5) is 18.9 Å². The first-order valence-electron chi connectivity index (χ1n) is 4.62. The number of aliphatic hydroxyl groups is 1. The highest BCUT2D eigenvalue weighted by Gasteiger charge is 2.35. The molecule has 1 aromatic carbocycles. The highest BCUT2D eigenvalue weighted by Crippen LogP contribution is 2.36. The first-order chi connectivity index (χ1) is 7.53. The lowest BCUT2D eigenvalue weighted by molar-refractivity contribution is -0.386. The third-order valence-corrected chi connectivity index (χ3v) is 2.18. The van der Waals surface area contributed by atoms with Gasteiger partial charge in [-0.05, 0) is 26.0 Å². The summed E-state index contributed by atoms with van der Waals surface area (Å²) >= 11 is 0. The molecule has 0 amide bonds. The molecule has 1 aromatic rings. The SMILES string of the molecule is CC(C)(O)c1ccc(C(F)(F)F)cc1[N+](=O)[O-]. The molecule has 0 saturated carbocycles. The molecule has 0 radical (unpaired) electrons. The summed E-state index contributed by atoms with van der Waals surface area (Å²) < 4.78 is 37.1. The Bertz CT molecular complexity index is 449. The second-order valence-electron chi connectivity index (χ2n) is 4.05. The van der Waals surface area contributed by atoms with Gasteiger partial charge in [-0.2, -0.15) is 13.2 Å². The Kier molecular flexibility index (Phi) is 3.15. The zero-order chi connectivity index (χ0) is 13.4. The van der Waals surface area contributed by atoms with E-state index in [9.17, 15) is 28.4 Å². The highest BCUT2D eigenvalue weighted by atomic mass is 19.4. The molecule has 7 heteroatoms. The molecule has 94 valence electrons. The van der Waals surface area contributed by atoms with Gasteiger partial charge in [0.15, 0.2) is 0 Å². The van der Waals surface area contributed by atoms with Crippen LogP contribution in [0.25, 0.3) is 0 Å². The third kappa shape index (κ3) is 2.94. The molecule has 0 spiro atoms. The van der Waals surface area contributed by atoms with Crippen LogP contribution in [0, 0.1) is 10.1 Å². The van der Waals surface area contributed by atoms with E-state index in [-0.39, 0.29) is 5.56 Å². The van der Waals surface area contributed by atoms with Gasteiger partial charge in [-0.3, -0.25) is 10.1 Å². The van der Waals surface area contributed by atoms with Crippen LogP contribution in [-0.2, 0) is 11.8 Å². The minimum atomic E-state index is -4.65. The summed E-state index contributed by atoms with van der Waals surface area (Å²) in [7, 11) is 0. The molecule has 0 atom stereocenters. The standard InChI is InChI=1S/C10H10F3NO3/c1-9(2,15)7-4-3-6(10(11,12)13)5-8(7)14(16)17/h3-5,15H,1-2H3. The molecule has 0 aromatic heterocycles. The van der Waals surface area contributed by atoms with E-state index in [1.165, 1.54) is 13.8 Å². The molecule has 0 fully saturated rings. The van der Waals surface area contributed by atoms with Crippen molar-refractivity contribution in [1.82, 2.24) is 0 Å². The van der Waals surface area contributed by atoms with E-state index in [2.05, 4.69) is 0 Å². The molecule has 0 unspecified atom stereocenters. The number of nitro groups is 1. The smallest absolute Gasteiger partial charge is 0.385 e. The Morgan fingerprint density at radius 2 is 1.82 bits per heavy atom. The zero-order valence-corrected chi connectivity index (χ0v) is 9.08. The molecular weight excluding hydrogens is 239 g/mol. The molecule has 1 N–H and O–H groups in total. The number of hydrogen-bond donors (Lipinski definition) is 1. The van der Waals surface area contributed by atoms with Gasteiger partial charge >= 0.3 is 6.18 Å². The van der Waals surface area contributed by atoms with Crippen molar-refractivity contribution < 1.29 is 23.2 Å². The van der Waals surface area contributed by atoms with Crippen molar-refractivity contribution in [3.8, 4) is 0 Å². The van der Waals surface area contributed by atoms with Gasteiger partial charge in [0.05, 0.1) is 21.7 Å². The lowest BCUT2D eigenvalue weighted by atomic mass is 9.95. The molecule has 0 aliphatic rings. The second-order valence-corrected chi connectivity index (χ2v) is 4.05. The maximum atomic E-state index is 12.4. The number of benzene rings is 1. The Balaban J connectivity index is 3.43. The lowest BCUT2D eigenvalue weighted by Gasteiger charge is -2.18. The summed E-state index contributed by atoms with van der Waals surface area (Å²) in [6.45, 7) is 2.53. The number of hydrogen-bond acceptors (Lipinski definition) is 3. The van der Waals surface area contributed by atoms with Crippen LogP contribution in [-0.4, -0.2) is 10.0 Å². The van der Waals surface area contributed by atoms with Gasteiger partial charge in [-0.25, -0.2) is 0 Å².